The third-order valence-electron chi connectivity index (χ3n) is 4.62. The minimum atomic E-state index is -1.40. The average Bonchev–Trinajstić information content (AvgIpc) is 2.62. The first-order chi connectivity index (χ1) is 9.37. The Morgan fingerprint density at radius 2 is 2.00 bits per heavy atom. The van der Waals surface area contributed by atoms with Crippen molar-refractivity contribution in [1.29, 1.82) is 0 Å². The van der Waals surface area contributed by atoms with Crippen molar-refractivity contribution in [2.45, 2.75) is 52.1 Å². The maximum absolute atomic E-state index is 12.5. The number of ketones is 1. The van der Waals surface area contributed by atoms with E-state index in [1.165, 1.54) is 6.92 Å². The van der Waals surface area contributed by atoms with E-state index in [2.05, 4.69) is 0 Å². The van der Waals surface area contributed by atoms with E-state index in [9.17, 15) is 14.7 Å². The van der Waals surface area contributed by atoms with Crippen LogP contribution in [-0.2, 0) is 14.3 Å². The van der Waals surface area contributed by atoms with Gasteiger partial charge in [-0.15, -0.1) is 0 Å². The number of carbonyl (C=O) groups is 2. The zero-order valence-electron chi connectivity index (χ0n) is 12.4. The fraction of sp³-hybridized carbons (Fsp3) is 0.625. The number of aliphatic hydroxyl groups is 1. The molecule has 0 fully saturated rings. The molecule has 0 amide bonds. The number of ether oxygens (including phenoxy) is 1. The van der Waals surface area contributed by atoms with Crippen molar-refractivity contribution in [3.63, 3.8) is 0 Å². The van der Waals surface area contributed by atoms with Gasteiger partial charge in [-0.05, 0) is 46.5 Å². The second-order valence-electron chi connectivity index (χ2n) is 5.80. The minimum Gasteiger partial charge on any atom is -0.465 e. The topological polar surface area (TPSA) is 63.6 Å². The highest BCUT2D eigenvalue weighted by Crippen LogP contribution is 2.54. The number of rotatable bonds is 3. The molecule has 20 heavy (non-hydrogen) atoms. The SMILES string of the molecule is CCOC(=O)[C@]12CC=C(C)CC[C@@]1(O)C(C(C)=O)=CC2. The van der Waals surface area contributed by atoms with Crippen LogP contribution in [0.25, 0.3) is 0 Å². The molecule has 0 unspecified atom stereocenters. The number of allylic oxidation sites excluding steroid dienone is 3. The molecule has 2 aliphatic carbocycles. The van der Waals surface area contributed by atoms with Gasteiger partial charge in [0.1, 0.15) is 11.0 Å². The van der Waals surface area contributed by atoms with Gasteiger partial charge < -0.3 is 9.84 Å². The summed E-state index contributed by atoms with van der Waals surface area (Å²) in [6, 6.07) is 0. The Hall–Kier alpha value is -1.42. The maximum atomic E-state index is 12.5. The summed E-state index contributed by atoms with van der Waals surface area (Å²) in [7, 11) is 0. The average molecular weight is 278 g/mol. The van der Waals surface area contributed by atoms with Crippen LogP contribution < -0.4 is 0 Å². The molecule has 0 aromatic carbocycles. The van der Waals surface area contributed by atoms with Crippen LogP contribution in [0.4, 0.5) is 0 Å². The molecule has 0 saturated carbocycles. The van der Waals surface area contributed by atoms with Crippen LogP contribution in [0.2, 0.25) is 0 Å². The Kier molecular flexibility index (Phi) is 3.87. The highest BCUT2D eigenvalue weighted by atomic mass is 16.5. The van der Waals surface area contributed by atoms with Crippen molar-refractivity contribution < 1.29 is 19.4 Å². The lowest BCUT2D eigenvalue weighted by Gasteiger charge is -2.40. The lowest BCUT2D eigenvalue weighted by atomic mass is 9.67. The molecule has 0 bridgehead atoms. The number of esters is 1. The molecule has 0 radical (unpaired) electrons. The molecule has 0 heterocycles. The van der Waals surface area contributed by atoms with Gasteiger partial charge in [-0.25, -0.2) is 0 Å². The van der Waals surface area contributed by atoms with Gasteiger partial charge in [0.05, 0.1) is 6.61 Å². The standard InChI is InChI=1S/C16H22O4/c1-4-20-14(18)15-8-5-11(2)6-10-16(15,19)13(7-9-15)12(3)17/h5,7,19H,4,6,8-10H2,1-3H3/t15-,16-/m1/s1. The van der Waals surface area contributed by atoms with Crippen LogP contribution in [0.5, 0.6) is 0 Å². The molecule has 110 valence electrons. The second kappa shape index (κ2) is 5.17. The third kappa shape index (κ3) is 2.03. The zero-order valence-corrected chi connectivity index (χ0v) is 12.4. The van der Waals surface area contributed by atoms with Crippen molar-refractivity contribution in [2.24, 2.45) is 5.41 Å². The Labute approximate surface area is 119 Å². The largest absolute Gasteiger partial charge is 0.465 e. The first kappa shape index (κ1) is 15.0. The van der Waals surface area contributed by atoms with Gasteiger partial charge in [-0.3, -0.25) is 9.59 Å². The summed E-state index contributed by atoms with van der Waals surface area (Å²) in [6.45, 7) is 5.45. The Balaban J connectivity index is 2.49. The molecule has 1 N–H and O–H groups in total. The second-order valence-corrected chi connectivity index (χ2v) is 5.80. The predicted molar refractivity (Wildman–Crippen MR) is 75.0 cm³/mol. The van der Waals surface area contributed by atoms with Crippen LogP contribution in [0.15, 0.2) is 23.3 Å². The fourth-order valence-corrected chi connectivity index (χ4v) is 3.37. The van der Waals surface area contributed by atoms with Gasteiger partial charge in [0.2, 0.25) is 0 Å². The van der Waals surface area contributed by atoms with Crippen LogP contribution in [0.3, 0.4) is 0 Å². The lowest BCUT2D eigenvalue weighted by Crippen LogP contribution is -2.52. The van der Waals surface area contributed by atoms with Crippen molar-refractivity contribution in [1.82, 2.24) is 0 Å². The van der Waals surface area contributed by atoms with Gasteiger partial charge >= 0.3 is 5.97 Å². The fourth-order valence-electron chi connectivity index (χ4n) is 3.37. The Bertz CT molecular complexity index is 503. The molecule has 0 aliphatic heterocycles. The van der Waals surface area contributed by atoms with Gasteiger partial charge in [-0.2, -0.15) is 0 Å². The van der Waals surface area contributed by atoms with E-state index >= 15 is 0 Å². The highest BCUT2D eigenvalue weighted by Gasteiger charge is 2.61. The molecule has 4 heteroatoms. The summed E-state index contributed by atoms with van der Waals surface area (Å²) < 4.78 is 5.20. The van der Waals surface area contributed by atoms with Gasteiger partial charge in [-0.1, -0.05) is 17.7 Å². The van der Waals surface area contributed by atoms with E-state index in [4.69, 9.17) is 4.74 Å². The van der Waals surface area contributed by atoms with Crippen LogP contribution in [-0.4, -0.2) is 29.1 Å². The summed E-state index contributed by atoms with van der Waals surface area (Å²) in [5.41, 5.74) is -0.936. The quantitative estimate of drug-likeness (QED) is 0.635. The molecule has 2 rings (SSSR count). The molecular weight excluding hydrogens is 256 g/mol. The van der Waals surface area contributed by atoms with Crippen molar-refractivity contribution in [2.75, 3.05) is 6.61 Å². The molecule has 0 aromatic heterocycles. The lowest BCUT2D eigenvalue weighted by molar-refractivity contribution is -0.169. The number of hydrogen-bond donors (Lipinski definition) is 1. The molecule has 2 atom stereocenters. The normalized spacial score (nSPS) is 32.8. The maximum Gasteiger partial charge on any atom is 0.316 e. The van der Waals surface area contributed by atoms with Crippen LogP contribution in [0, 0.1) is 5.41 Å². The van der Waals surface area contributed by atoms with Gasteiger partial charge in [0.15, 0.2) is 5.78 Å². The van der Waals surface area contributed by atoms with Crippen molar-refractivity contribution in [3.05, 3.63) is 23.3 Å². The molecule has 0 aromatic rings. The first-order valence-corrected chi connectivity index (χ1v) is 7.14. The minimum absolute atomic E-state index is 0.168. The van der Waals surface area contributed by atoms with Gasteiger partial charge in [0.25, 0.3) is 0 Å². The summed E-state index contributed by atoms with van der Waals surface area (Å²) in [4.78, 5) is 24.3. The molecular formula is C16H22O4. The van der Waals surface area contributed by atoms with E-state index < -0.39 is 17.0 Å². The zero-order chi connectivity index (χ0) is 15.0. The number of hydrogen-bond acceptors (Lipinski definition) is 4. The molecule has 2 aliphatic rings. The van der Waals surface area contributed by atoms with Crippen LogP contribution in [0.1, 0.15) is 46.5 Å². The predicted octanol–water partition coefficient (Wildman–Crippen LogP) is 2.32. The van der Waals surface area contributed by atoms with E-state index in [-0.39, 0.29) is 12.4 Å². The summed E-state index contributed by atoms with van der Waals surface area (Å²) >= 11 is 0. The molecule has 0 saturated heterocycles. The van der Waals surface area contributed by atoms with Crippen molar-refractivity contribution >= 4 is 11.8 Å². The summed E-state index contributed by atoms with van der Waals surface area (Å²) in [5.74, 6) is -0.570. The smallest absolute Gasteiger partial charge is 0.316 e. The third-order valence-corrected chi connectivity index (χ3v) is 4.62. The monoisotopic (exact) mass is 278 g/mol. The molecule has 4 nitrogen and oxygen atoms in total. The highest BCUT2D eigenvalue weighted by molar-refractivity contribution is 5.98. The van der Waals surface area contributed by atoms with Gasteiger partial charge in [0, 0.05) is 5.57 Å². The Morgan fingerprint density at radius 1 is 1.35 bits per heavy atom. The van der Waals surface area contributed by atoms with E-state index in [1.54, 1.807) is 13.0 Å². The Morgan fingerprint density at radius 3 is 2.60 bits per heavy atom. The van der Waals surface area contributed by atoms with Crippen LogP contribution >= 0.6 is 0 Å². The van der Waals surface area contributed by atoms with E-state index in [0.29, 0.717) is 31.3 Å². The summed E-state index contributed by atoms with van der Waals surface area (Å²) in [6.07, 6.45) is 5.56. The number of fused-ring (bicyclic) bond motifs is 1. The molecule has 0 spiro atoms. The first-order valence-electron chi connectivity index (χ1n) is 7.14. The van der Waals surface area contributed by atoms with E-state index in [0.717, 1.165) is 5.57 Å². The van der Waals surface area contributed by atoms with Crippen molar-refractivity contribution in [3.8, 4) is 0 Å². The summed E-state index contributed by atoms with van der Waals surface area (Å²) in [5, 5.41) is 11.2. The number of carbonyl (C=O) groups excluding carboxylic acids is 2. The van der Waals surface area contributed by atoms with E-state index in [1.807, 2.05) is 13.0 Å². The number of Topliss-reactive ketones (excluding diaryl/α,β-unsaturated/α-hetero) is 1.